The third kappa shape index (κ3) is 3.89. The predicted molar refractivity (Wildman–Crippen MR) is 123 cm³/mol. The molecule has 0 heterocycles. The van der Waals surface area contributed by atoms with E-state index in [1.54, 1.807) is 0 Å². The van der Waals surface area contributed by atoms with Crippen LogP contribution in [0.25, 0.3) is 0 Å². The molecule has 0 aliphatic heterocycles. The molecule has 0 spiro atoms. The van der Waals surface area contributed by atoms with Gasteiger partial charge in [-0.25, -0.2) is 0 Å². The molecule has 3 nitrogen and oxygen atoms in total. The van der Waals surface area contributed by atoms with Gasteiger partial charge in [0.05, 0.1) is 0 Å². The van der Waals surface area contributed by atoms with E-state index in [2.05, 4.69) is 0 Å². The molecule has 0 aromatic heterocycles. The van der Waals surface area contributed by atoms with E-state index in [0.717, 1.165) is 61.2 Å². The van der Waals surface area contributed by atoms with E-state index in [9.17, 15) is 15.3 Å². The fraction of sp³-hybridized carbons (Fsp3) is 0.333. The van der Waals surface area contributed by atoms with E-state index in [0.29, 0.717) is 30.1 Å². The molecule has 0 aliphatic rings. The number of hydrogen-bond donors (Lipinski definition) is 3. The Morgan fingerprint density at radius 3 is 1.20 bits per heavy atom. The summed E-state index contributed by atoms with van der Waals surface area (Å²) < 4.78 is 0. The lowest BCUT2D eigenvalue weighted by molar-refractivity contribution is 0.462. The van der Waals surface area contributed by atoms with Gasteiger partial charge in [-0.3, -0.25) is 0 Å². The zero-order valence-corrected chi connectivity index (χ0v) is 19.1. The molecule has 3 rings (SSSR count). The van der Waals surface area contributed by atoms with Crippen molar-refractivity contribution in [2.24, 2.45) is 0 Å². The molecule has 0 bridgehead atoms. The minimum atomic E-state index is 0.325. The summed E-state index contributed by atoms with van der Waals surface area (Å²) in [6, 6.07) is 8.10. The van der Waals surface area contributed by atoms with Gasteiger partial charge in [0.1, 0.15) is 17.2 Å². The lowest BCUT2D eigenvalue weighted by Gasteiger charge is -2.17. The summed E-state index contributed by atoms with van der Waals surface area (Å²) in [4.78, 5) is 0. The van der Waals surface area contributed by atoms with E-state index in [1.807, 2.05) is 72.7 Å². The molecule has 3 aromatic carbocycles. The molecular weight excluding hydrogens is 372 g/mol. The van der Waals surface area contributed by atoms with Crippen LogP contribution in [-0.4, -0.2) is 15.3 Å². The zero-order valence-electron chi connectivity index (χ0n) is 19.1. The Kier molecular flexibility index (Phi) is 5.85. The van der Waals surface area contributed by atoms with Crippen LogP contribution in [0.3, 0.4) is 0 Å². The van der Waals surface area contributed by atoms with E-state index < -0.39 is 0 Å². The molecule has 0 fully saturated rings. The van der Waals surface area contributed by atoms with Crippen LogP contribution >= 0.6 is 0 Å². The van der Waals surface area contributed by atoms with Crippen molar-refractivity contribution in [3.05, 3.63) is 85.5 Å². The monoisotopic (exact) mass is 404 g/mol. The minimum absolute atomic E-state index is 0.325. The summed E-state index contributed by atoms with van der Waals surface area (Å²) in [5.74, 6) is 1.02. The van der Waals surface area contributed by atoms with Crippen molar-refractivity contribution in [1.82, 2.24) is 0 Å². The van der Waals surface area contributed by atoms with Crippen molar-refractivity contribution in [3.63, 3.8) is 0 Å². The van der Waals surface area contributed by atoms with Crippen LogP contribution in [0, 0.1) is 48.5 Å². The van der Waals surface area contributed by atoms with E-state index >= 15 is 0 Å². The number of aryl methyl sites for hydroxylation is 3. The van der Waals surface area contributed by atoms with E-state index in [4.69, 9.17) is 0 Å². The molecule has 0 unspecified atom stereocenters. The predicted octanol–water partition coefficient (Wildman–Crippen LogP) is 6.14. The van der Waals surface area contributed by atoms with Gasteiger partial charge in [-0.2, -0.15) is 0 Å². The minimum Gasteiger partial charge on any atom is -0.507 e. The van der Waals surface area contributed by atoms with Gasteiger partial charge in [0.15, 0.2) is 0 Å². The molecule has 0 atom stereocenters. The quantitative estimate of drug-likeness (QED) is 0.489. The molecule has 0 saturated heterocycles. The molecule has 0 saturated carbocycles. The highest BCUT2D eigenvalue weighted by atomic mass is 16.3. The van der Waals surface area contributed by atoms with Gasteiger partial charge in [0, 0.05) is 12.8 Å². The fourth-order valence-electron chi connectivity index (χ4n) is 4.29. The Labute approximate surface area is 179 Å². The van der Waals surface area contributed by atoms with Gasteiger partial charge in [-0.05, 0) is 104 Å². The Morgan fingerprint density at radius 2 is 0.833 bits per heavy atom. The second-order valence-corrected chi connectivity index (χ2v) is 8.69. The fourth-order valence-corrected chi connectivity index (χ4v) is 4.29. The number of hydrogen-bond acceptors (Lipinski definition) is 3. The van der Waals surface area contributed by atoms with E-state index in [-0.39, 0.29) is 0 Å². The molecule has 3 aromatic rings. The summed E-state index contributed by atoms with van der Waals surface area (Å²) in [6.45, 7) is 13.8. The zero-order chi connectivity index (χ0) is 22.3. The first-order valence-corrected chi connectivity index (χ1v) is 10.4. The van der Waals surface area contributed by atoms with Gasteiger partial charge in [-0.15, -0.1) is 0 Å². The number of rotatable bonds is 4. The lowest BCUT2D eigenvalue weighted by atomic mass is 9.89. The van der Waals surface area contributed by atoms with Crippen LogP contribution in [0.5, 0.6) is 17.2 Å². The van der Waals surface area contributed by atoms with Crippen LogP contribution in [0.1, 0.15) is 61.2 Å². The van der Waals surface area contributed by atoms with Crippen LogP contribution in [0.15, 0.2) is 24.3 Å². The largest absolute Gasteiger partial charge is 0.507 e. The topological polar surface area (TPSA) is 60.7 Å². The van der Waals surface area contributed by atoms with Gasteiger partial charge in [-0.1, -0.05) is 29.8 Å². The van der Waals surface area contributed by atoms with Crippen molar-refractivity contribution in [3.8, 4) is 17.2 Å². The molecule has 0 amide bonds. The highest BCUT2D eigenvalue weighted by molar-refractivity contribution is 5.54. The molecule has 3 heteroatoms. The second kappa shape index (κ2) is 8.06. The smallest absolute Gasteiger partial charge is 0.122 e. The van der Waals surface area contributed by atoms with Gasteiger partial charge < -0.3 is 15.3 Å². The van der Waals surface area contributed by atoms with Crippen molar-refractivity contribution in [1.29, 1.82) is 0 Å². The Hall–Kier alpha value is -2.94. The summed E-state index contributed by atoms with van der Waals surface area (Å²) in [5, 5.41) is 31.5. The summed E-state index contributed by atoms with van der Waals surface area (Å²) in [7, 11) is 0. The molecule has 0 radical (unpaired) electrons. The van der Waals surface area contributed by atoms with Crippen LogP contribution < -0.4 is 0 Å². The van der Waals surface area contributed by atoms with Crippen molar-refractivity contribution in [2.75, 3.05) is 0 Å². The molecule has 30 heavy (non-hydrogen) atoms. The third-order valence-corrected chi connectivity index (χ3v) is 6.50. The molecule has 0 aliphatic carbocycles. The van der Waals surface area contributed by atoms with Crippen LogP contribution in [-0.2, 0) is 12.8 Å². The average Bonchev–Trinajstić information content (AvgIpc) is 2.70. The first kappa shape index (κ1) is 21.8. The maximum absolute atomic E-state index is 11.1. The van der Waals surface area contributed by atoms with Gasteiger partial charge in [0.2, 0.25) is 0 Å². The Bertz CT molecular complexity index is 1050. The normalized spacial score (nSPS) is 11.2. The second-order valence-electron chi connectivity index (χ2n) is 8.69. The SMILES string of the molecule is Cc1cc(Cc2cc(C)c(O)c(C)c2C)c(O)c(Cc2cc(C)c(O)c(C)c2C)c1. The van der Waals surface area contributed by atoms with Crippen molar-refractivity contribution < 1.29 is 15.3 Å². The van der Waals surface area contributed by atoms with E-state index in [1.165, 1.54) is 0 Å². The third-order valence-electron chi connectivity index (χ3n) is 6.50. The lowest BCUT2D eigenvalue weighted by Crippen LogP contribution is -2.01. The molecule has 3 N–H and O–H groups in total. The molecular formula is C27H32O3. The number of aromatic hydroxyl groups is 3. The molecule has 158 valence electrons. The van der Waals surface area contributed by atoms with Crippen LogP contribution in [0.4, 0.5) is 0 Å². The van der Waals surface area contributed by atoms with Crippen molar-refractivity contribution in [2.45, 2.75) is 61.3 Å². The highest BCUT2D eigenvalue weighted by Gasteiger charge is 2.16. The number of benzene rings is 3. The summed E-state index contributed by atoms with van der Waals surface area (Å²) in [5.41, 5.74) is 10.7. The Morgan fingerprint density at radius 1 is 0.467 bits per heavy atom. The van der Waals surface area contributed by atoms with Gasteiger partial charge in [0.25, 0.3) is 0 Å². The first-order chi connectivity index (χ1) is 14.0. The summed E-state index contributed by atoms with van der Waals surface area (Å²) in [6.07, 6.45) is 1.22. The van der Waals surface area contributed by atoms with Crippen molar-refractivity contribution >= 4 is 0 Å². The van der Waals surface area contributed by atoms with Crippen LogP contribution in [0.2, 0.25) is 0 Å². The Balaban J connectivity index is 2.04. The number of phenols is 3. The summed E-state index contributed by atoms with van der Waals surface area (Å²) >= 11 is 0. The standard InChI is InChI=1S/C27H32O3/c1-14-8-23(12-21-10-15(2)25(28)19(6)17(21)4)27(30)24(9-14)13-22-11-16(3)26(29)20(7)18(22)5/h8-11,28-30H,12-13H2,1-7H3. The first-order valence-electron chi connectivity index (χ1n) is 10.4. The highest BCUT2D eigenvalue weighted by Crippen LogP contribution is 2.35. The maximum atomic E-state index is 11.1. The maximum Gasteiger partial charge on any atom is 0.122 e. The number of phenolic OH excluding ortho intramolecular Hbond substituents is 3. The van der Waals surface area contributed by atoms with Gasteiger partial charge >= 0.3 is 0 Å². The average molecular weight is 405 g/mol.